The lowest BCUT2D eigenvalue weighted by atomic mass is 9.93. The van der Waals surface area contributed by atoms with Gasteiger partial charge in [-0.05, 0) is 90.7 Å². The van der Waals surface area contributed by atoms with Crippen molar-refractivity contribution >= 4 is 23.1 Å². The van der Waals surface area contributed by atoms with Gasteiger partial charge in [-0.3, -0.25) is 14.5 Å². The number of carbonyl (C=O) groups is 2. The van der Waals surface area contributed by atoms with Crippen LogP contribution in [0.1, 0.15) is 49.4 Å². The van der Waals surface area contributed by atoms with Crippen LogP contribution >= 0.6 is 0 Å². The predicted octanol–water partition coefficient (Wildman–Crippen LogP) is 7.77. The van der Waals surface area contributed by atoms with Gasteiger partial charge in [-0.15, -0.1) is 0 Å². The topological polar surface area (TPSA) is 76.1 Å². The number of ketones is 1. The predicted molar refractivity (Wildman–Crippen MR) is 156 cm³/mol. The van der Waals surface area contributed by atoms with Gasteiger partial charge in [0.25, 0.3) is 11.7 Å². The van der Waals surface area contributed by atoms with Gasteiger partial charge in [-0.2, -0.15) is 0 Å². The minimum absolute atomic E-state index is 0.0740. The van der Waals surface area contributed by atoms with Gasteiger partial charge in [0.2, 0.25) is 0 Å². The van der Waals surface area contributed by atoms with E-state index in [0.717, 1.165) is 5.56 Å². The fourth-order valence-corrected chi connectivity index (χ4v) is 4.98. The lowest BCUT2D eigenvalue weighted by Gasteiger charge is -2.26. The molecular formula is C34H30FNO5. The first kappa shape index (κ1) is 27.6. The summed E-state index contributed by atoms with van der Waals surface area (Å²) in [5, 5.41) is 11.6. The van der Waals surface area contributed by atoms with Crippen LogP contribution in [0.4, 0.5) is 10.1 Å². The van der Waals surface area contributed by atoms with Crippen molar-refractivity contribution in [2.45, 2.75) is 32.7 Å². The van der Waals surface area contributed by atoms with Crippen molar-refractivity contribution in [2.75, 3.05) is 11.5 Å². The second-order valence-corrected chi connectivity index (χ2v) is 9.97. The molecule has 1 atom stereocenters. The van der Waals surface area contributed by atoms with Gasteiger partial charge >= 0.3 is 0 Å². The molecule has 6 nitrogen and oxygen atoms in total. The average Bonchev–Trinajstić information content (AvgIpc) is 3.24. The Balaban J connectivity index is 1.67. The van der Waals surface area contributed by atoms with Crippen LogP contribution in [0.25, 0.3) is 5.76 Å². The zero-order valence-electron chi connectivity index (χ0n) is 23.0. The van der Waals surface area contributed by atoms with Crippen LogP contribution in [0.15, 0.2) is 103 Å². The van der Waals surface area contributed by atoms with Crippen LogP contribution < -0.4 is 14.4 Å². The quantitative estimate of drug-likeness (QED) is 0.138. The van der Waals surface area contributed by atoms with Crippen molar-refractivity contribution in [3.05, 3.63) is 125 Å². The monoisotopic (exact) mass is 551 g/mol. The Kier molecular flexibility index (Phi) is 7.88. The van der Waals surface area contributed by atoms with E-state index >= 15 is 0 Å². The molecule has 1 aliphatic rings. The summed E-state index contributed by atoms with van der Waals surface area (Å²) < 4.78 is 25.6. The molecule has 0 aliphatic carbocycles. The zero-order valence-corrected chi connectivity index (χ0v) is 23.0. The van der Waals surface area contributed by atoms with E-state index in [-0.39, 0.29) is 17.3 Å². The highest BCUT2D eigenvalue weighted by Gasteiger charge is 2.47. The average molecular weight is 552 g/mol. The Morgan fingerprint density at radius 1 is 0.902 bits per heavy atom. The maximum absolute atomic E-state index is 13.8. The van der Waals surface area contributed by atoms with E-state index in [0.29, 0.717) is 40.7 Å². The van der Waals surface area contributed by atoms with E-state index in [2.05, 4.69) is 0 Å². The molecule has 1 saturated heterocycles. The molecule has 1 aliphatic heterocycles. The molecule has 7 heteroatoms. The van der Waals surface area contributed by atoms with Gasteiger partial charge in [0.05, 0.1) is 18.2 Å². The summed E-state index contributed by atoms with van der Waals surface area (Å²) in [7, 11) is 0. The van der Waals surface area contributed by atoms with Crippen LogP contribution in [-0.4, -0.2) is 23.4 Å². The summed E-state index contributed by atoms with van der Waals surface area (Å²) in [6.07, 6.45) is 0. The standard InChI is InChI=1S/C34H30FNO5/c1-4-40-29-18-13-23(20-28(29)21(2)3)32(37)30-31(36(34(39)33(30)38)25-16-14-24(35)15-17-25)22-9-8-12-27(19-22)41-26-10-6-5-7-11-26/h5-21,31,37H,4H2,1-3H3/b32-30+. The van der Waals surface area contributed by atoms with Gasteiger partial charge < -0.3 is 14.6 Å². The Morgan fingerprint density at radius 3 is 2.29 bits per heavy atom. The molecule has 0 spiro atoms. The van der Waals surface area contributed by atoms with Crippen molar-refractivity contribution < 1.29 is 28.6 Å². The van der Waals surface area contributed by atoms with Crippen LogP contribution in [0, 0.1) is 5.82 Å². The highest BCUT2D eigenvalue weighted by atomic mass is 19.1. The molecular weight excluding hydrogens is 521 g/mol. The molecule has 0 radical (unpaired) electrons. The summed E-state index contributed by atoms with van der Waals surface area (Å²) >= 11 is 0. The molecule has 1 heterocycles. The van der Waals surface area contributed by atoms with Crippen molar-refractivity contribution in [3.8, 4) is 17.2 Å². The number of aliphatic hydroxyl groups excluding tert-OH is 1. The number of hydrogen-bond acceptors (Lipinski definition) is 5. The molecule has 208 valence electrons. The van der Waals surface area contributed by atoms with Crippen LogP contribution in [-0.2, 0) is 9.59 Å². The molecule has 41 heavy (non-hydrogen) atoms. The van der Waals surface area contributed by atoms with Gasteiger partial charge in [-0.1, -0.05) is 44.2 Å². The zero-order chi connectivity index (χ0) is 29.1. The van der Waals surface area contributed by atoms with Gasteiger partial charge in [0, 0.05) is 11.3 Å². The number of aliphatic hydroxyl groups is 1. The fourth-order valence-electron chi connectivity index (χ4n) is 4.98. The number of hydrogen-bond donors (Lipinski definition) is 1. The lowest BCUT2D eigenvalue weighted by Crippen LogP contribution is -2.29. The first-order valence-electron chi connectivity index (χ1n) is 13.4. The van der Waals surface area contributed by atoms with E-state index in [1.54, 1.807) is 42.5 Å². The molecule has 1 unspecified atom stereocenters. The maximum atomic E-state index is 13.8. The first-order valence-corrected chi connectivity index (χ1v) is 13.4. The van der Waals surface area contributed by atoms with Crippen LogP contribution in [0.3, 0.4) is 0 Å². The molecule has 1 N–H and O–H groups in total. The number of halogens is 1. The van der Waals surface area contributed by atoms with Gasteiger partial charge in [-0.25, -0.2) is 4.39 Å². The molecule has 4 aromatic carbocycles. The smallest absolute Gasteiger partial charge is 0.300 e. The SMILES string of the molecule is CCOc1ccc(/C(O)=C2\C(=O)C(=O)N(c3ccc(F)cc3)C2c2cccc(Oc3ccccc3)c2)cc1C(C)C. The number of nitrogens with zero attached hydrogens (tertiary/aromatic N) is 1. The number of para-hydroxylation sites is 1. The maximum Gasteiger partial charge on any atom is 0.300 e. The minimum atomic E-state index is -0.992. The van der Waals surface area contributed by atoms with E-state index in [1.165, 1.54) is 29.2 Å². The van der Waals surface area contributed by atoms with E-state index < -0.39 is 23.5 Å². The molecule has 1 fully saturated rings. The summed E-state index contributed by atoms with van der Waals surface area (Å²) in [5.41, 5.74) is 2.03. The van der Waals surface area contributed by atoms with Crippen molar-refractivity contribution in [3.63, 3.8) is 0 Å². The summed E-state index contributed by atoms with van der Waals surface area (Å²) in [6.45, 7) is 6.39. The normalized spacial score (nSPS) is 16.3. The Morgan fingerprint density at radius 2 is 1.61 bits per heavy atom. The van der Waals surface area contributed by atoms with Crippen molar-refractivity contribution in [1.82, 2.24) is 0 Å². The van der Waals surface area contributed by atoms with Gasteiger partial charge in [0.15, 0.2) is 0 Å². The second kappa shape index (κ2) is 11.7. The number of ether oxygens (including phenoxy) is 2. The summed E-state index contributed by atoms with van der Waals surface area (Å²) in [4.78, 5) is 28.4. The number of rotatable bonds is 8. The number of benzene rings is 4. The van der Waals surface area contributed by atoms with E-state index in [9.17, 15) is 19.1 Å². The number of amides is 1. The molecule has 0 bridgehead atoms. The third-order valence-corrected chi connectivity index (χ3v) is 6.91. The molecule has 0 saturated carbocycles. The number of Topliss-reactive ketones (excluding diaryl/α,β-unsaturated/α-hetero) is 1. The number of anilines is 1. The third-order valence-electron chi connectivity index (χ3n) is 6.91. The van der Waals surface area contributed by atoms with E-state index in [4.69, 9.17) is 9.47 Å². The minimum Gasteiger partial charge on any atom is -0.507 e. The van der Waals surface area contributed by atoms with Crippen LogP contribution in [0.2, 0.25) is 0 Å². The molecule has 5 rings (SSSR count). The van der Waals surface area contributed by atoms with Crippen molar-refractivity contribution in [2.24, 2.45) is 0 Å². The van der Waals surface area contributed by atoms with Crippen LogP contribution in [0.5, 0.6) is 17.2 Å². The molecule has 0 aromatic heterocycles. The molecule has 4 aromatic rings. The Hall–Kier alpha value is -4.91. The fraction of sp³-hybridized carbons (Fsp3) is 0.176. The highest BCUT2D eigenvalue weighted by molar-refractivity contribution is 6.51. The third kappa shape index (κ3) is 5.57. The highest BCUT2D eigenvalue weighted by Crippen LogP contribution is 2.43. The molecule has 1 amide bonds. The Bertz CT molecular complexity index is 1610. The first-order chi connectivity index (χ1) is 19.8. The summed E-state index contributed by atoms with van der Waals surface area (Å²) in [6, 6.07) is 25.8. The largest absolute Gasteiger partial charge is 0.507 e. The number of carbonyl (C=O) groups excluding carboxylic acids is 2. The van der Waals surface area contributed by atoms with Gasteiger partial charge in [0.1, 0.15) is 28.8 Å². The lowest BCUT2D eigenvalue weighted by molar-refractivity contribution is -0.132. The Labute approximate surface area is 238 Å². The second-order valence-electron chi connectivity index (χ2n) is 9.97. The summed E-state index contributed by atoms with van der Waals surface area (Å²) in [5.74, 6) is -0.581. The van der Waals surface area contributed by atoms with E-state index in [1.807, 2.05) is 51.1 Å². The van der Waals surface area contributed by atoms with Crippen molar-refractivity contribution in [1.29, 1.82) is 0 Å².